The number of allylic oxidation sites excluding steroid dienone is 3. The first-order valence-electron chi connectivity index (χ1n) is 14.0. The van der Waals surface area contributed by atoms with Crippen LogP contribution >= 0.6 is 0 Å². The first-order valence-corrected chi connectivity index (χ1v) is 14.0. The molecule has 3 N–H and O–H groups in total. The second kappa shape index (κ2) is 8.51. The minimum Gasteiger partial charge on any atom is -0.440 e. The molecule has 7 nitrogen and oxygen atoms in total. The highest BCUT2D eigenvalue weighted by atomic mass is 16.6. The summed E-state index contributed by atoms with van der Waals surface area (Å²) in [6.45, 7) is 10.7. The lowest BCUT2D eigenvalue weighted by Crippen LogP contribution is -2.61. The molecule has 0 amide bonds. The van der Waals surface area contributed by atoms with E-state index in [1.165, 1.54) is 11.1 Å². The number of aromatic amines is 1. The normalized spacial score (nSPS) is 40.3. The van der Waals surface area contributed by atoms with Gasteiger partial charge in [0, 0.05) is 31.2 Å². The molecule has 0 unspecified atom stereocenters. The standard InChI is InChI=1S/C31H40N2O5/c1-7-21-18-10-16(2)12-30(21,22-8-9-25(35)32-23(22)11-18)33-28-31(37-6)15-24(34)17(3)19-13-29(4,5)14-20(19)26(31)27(36)38-28/h7-10,17-19,24,28,33-34H,11-15H2,1-6H3,(H,32,35)/b21-7+/t17-,18+,19-,24+,28-,30-,31-/m1/s1. The Hall–Kier alpha value is -2.48. The van der Waals surface area contributed by atoms with Gasteiger partial charge >= 0.3 is 5.97 Å². The molecule has 0 aromatic carbocycles. The van der Waals surface area contributed by atoms with Crippen molar-refractivity contribution < 1.29 is 19.4 Å². The number of H-pyrrole nitrogens is 1. The van der Waals surface area contributed by atoms with E-state index in [0.29, 0.717) is 18.4 Å². The van der Waals surface area contributed by atoms with E-state index in [9.17, 15) is 14.7 Å². The maximum atomic E-state index is 13.8. The zero-order chi connectivity index (χ0) is 27.2. The molecule has 7 heteroatoms. The summed E-state index contributed by atoms with van der Waals surface area (Å²) in [5.41, 5.74) is 4.16. The Bertz CT molecular complexity index is 1350. The van der Waals surface area contributed by atoms with Gasteiger partial charge in [-0.2, -0.15) is 0 Å². The van der Waals surface area contributed by atoms with Crippen molar-refractivity contribution in [1.82, 2.24) is 10.3 Å². The third-order valence-electron chi connectivity index (χ3n) is 10.1. The van der Waals surface area contributed by atoms with Crippen LogP contribution in [0, 0.1) is 23.2 Å². The summed E-state index contributed by atoms with van der Waals surface area (Å²) >= 11 is 0. The van der Waals surface area contributed by atoms with Crippen molar-refractivity contribution in [2.24, 2.45) is 23.2 Å². The van der Waals surface area contributed by atoms with Gasteiger partial charge in [-0.1, -0.05) is 44.1 Å². The van der Waals surface area contributed by atoms with Gasteiger partial charge in [0.1, 0.15) is 0 Å². The van der Waals surface area contributed by atoms with Gasteiger partial charge in [-0.05, 0) is 74.0 Å². The lowest BCUT2D eigenvalue weighted by molar-refractivity contribution is -0.149. The van der Waals surface area contributed by atoms with Crippen molar-refractivity contribution in [3.8, 4) is 0 Å². The molecule has 1 aliphatic heterocycles. The van der Waals surface area contributed by atoms with E-state index >= 15 is 0 Å². The van der Waals surface area contributed by atoms with Gasteiger partial charge < -0.3 is 19.6 Å². The molecule has 0 radical (unpaired) electrons. The first kappa shape index (κ1) is 25.8. The average Bonchev–Trinajstić information content (AvgIpc) is 3.26. The number of methoxy groups -OCH3 is 1. The first-order chi connectivity index (χ1) is 17.9. The van der Waals surface area contributed by atoms with E-state index in [1.54, 1.807) is 13.2 Å². The number of hydrogen-bond donors (Lipinski definition) is 3. The van der Waals surface area contributed by atoms with Crippen molar-refractivity contribution in [2.45, 2.75) is 90.2 Å². The number of nitrogens with one attached hydrogen (secondary N) is 2. The maximum absolute atomic E-state index is 13.8. The zero-order valence-corrected chi connectivity index (χ0v) is 23.3. The number of ether oxygens (including phenoxy) is 2. The van der Waals surface area contributed by atoms with Crippen LogP contribution in [-0.2, 0) is 26.2 Å². The fourth-order valence-corrected chi connectivity index (χ4v) is 8.54. The molecule has 38 heavy (non-hydrogen) atoms. The van der Waals surface area contributed by atoms with Crippen molar-refractivity contribution >= 4 is 5.97 Å². The van der Waals surface area contributed by atoms with Crippen LogP contribution in [0.1, 0.15) is 71.6 Å². The number of aliphatic hydroxyl groups is 1. The van der Waals surface area contributed by atoms with Crippen LogP contribution in [0.4, 0.5) is 0 Å². The number of carbonyl (C=O) groups excluding carboxylic acids is 1. The number of aliphatic hydroxyl groups excluding tert-OH is 1. The predicted octanol–water partition coefficient (Wildman–Crippen LogP) is 4.03. The van der Waals surface area contributed by atoms with Crippen molar-refractivity contribution in [3.05, 3.63) is 68.2 Å². The number of esters is 1. The quantitative estimate of drug-likeness (QED) is 0.411. The Labute approximate surface area is 224 Å². The molecule has 1 aromatic heterocycles. The van der Waals surface area contributed by atoms with Crippen LogP contribution < -0.4 is 10.9 Å². The highest BCUT2D eigenvalue weighted by molar-refractivity contribution is 5.95. The summed E-state index contributed by atoms with van der Waals surface area (Å²) < 4.78 is 12.5. The van der Waals surface area contributed by atoms with Crippen LogP contribution in [0.3, 0.4) is 0 Å². The Balaban J connectivity index is 1.53. The van der Waals surface area contributed by atoms with Gasteiger partial charge in [-0.25, -0.2) is 4.79 Å². The predicted molar refractivity (Wildman–Crippen MR) is 144 cm³/mol. The van der Waals surface area contributed by atoms with Gasteiger partial charge in [-0.15, -0.1) is 0 Å². The Kier molecular flexibility index (Phi) is 5.77. The van der Waals surface area contributed by atoms with Crippen molar-refractivity contribution in [2.75, 3.05) is 7.11 Å². The maximum Gasteiger partial charge on any atom is 0.338 e. The third kappa shape index (κ3) is 3.51. The van der Waals surface area contributed by atoms with Crippen LogP contribution in [0.25, 0.3) is 0 Å². The number of aromatic nitrogens is 1. The van der Waals surface area contributed by atoms with E-state index in [4.69, 9.17) is 9.47 Å². The minimum atomic E-state index is -1.12. The summed E-state index contributed by atoms with van der Waals surface area (Å²) in [5, 5.41) is 15.3. The van der Waals surface area contributed by atoms with Crippen LogP contribution in [0.5, 0.6) is 0 Å². The summed E-state index contributed by atoms with van der Waals surface area (Å²) in [4.78, 5) is 29.1. The van der Waals surface area contributed by atoms with Gasteiger partial charge in [-0.3, -0.25) is 10.1 Å². The van der Waals surface area contributed by atoms with Crippen LogP contribution in [0.15, 0.2) is 51.4 Å². The number of cyclic esters (lactones) is 1. The lowest BCUT2D eigenvalue weighted by atomic mass is 9.62. The SMILES string of the molecule is C/C=C1\[C@H]2C=C(C)C[C@]1(N[C@@H]1OC(=O)C3=C4CC(C)(C)C[C@@H]4[C@@H](C)[C@@H](O)C[C@@]31OC)c1ccc(=O)[nH]c1C2. The third-order valence-corrected chi connectivity index (χ3v) is 10.1. The topological polar surface area (TPSA) is 101 Å². The second-order valence-corrected chi connectivity index (χ2v) is 13.1. The fraction of sp³-hybridized carbons (Fsp3) is 0.613. The number of hydrogen-bond acceptors (Lipinski definition) is 6. The highest BCUT2D eigenvalue weighted by Gasteiger charge is 2.63. The van der Waals surface area contributed by atoms with E-state index in [1.807, 2.05) is 13.0 Å². The van der Waals surface area contributed by atoms with Crippen LogP contribution in [0.2, 0.25) is 0 Å². The molecule has 1 aromatic rings. The second-order valence-electron chi connectivity index (χ2n) is 13.1. The van der Waals surface area contributed by atoms with E-state index < -0.39 is 23.5 Å². The summed E-state index contributed by atoms with van der Waals surface area (Å²) in [5.74, 6) is -0.0921. The van der Waals surface area contributed by atoms with Gasteiger partial charge in [0.25, 0.3) is 0 Å². The average molecular weight is 521 g/mol. The zero-order valence-electron chi connectivity index (χ0n) is 23.3. The summed E-state index contributed by atoms with van der Waals surface area (Å²) in [6.07, 6.45) is 6.38. The molecule has 2 heterocycles. The molecule has 1 saturated carbocycles. The van der Waals surface area contributed by atoms with Gasteiger partial charge in [0.2, 0.25) is 5.56 Å². The van der Waals surface area contributed by atoms with Gasteiger partial charge in [0.05, 0.1) is 17.2 Å². The molecule has 0 spiro atoms. The van der Waals surface area contributed by atoms with Crippen LogP contribution in [-0.4, -0.2) is 41.1 Å². The number of fused-ring (bicyclic) bond motifs is 6. The monoisotopic (exact) mass is 520 g/mol. The Morgan fingerprint density at radius 3 is 2.68 bits per heavy atom. The smallest absolute Gasteiger partial charge is 0.338 e. The number of rotatable bonds is 3. The highest BCUT2D eigenvalue weighted by Crippen LogP contribution is 2.57. The van der Waals surface area contributed by atoms with E-state index in [-0.39, 0.29) is 41.1 Å². The molecule has 1 saturated heterocycles. The molecule has 2 fully saturated rings. The molecule has 7 atom stereocenters. The molecule has 5 aliphatic rings. The van der Waals surface area contributed by atoms with Crippen molar-refractivity contribution in [3.63, 3.8) is 0 Å². The van der Waals surface area contributed by atoms with Crippen molar-refractivity contribution in [1.29, 1.82) is 0 Å². The Morgan fingerprint density at radius 1 is 1.21 bits per heavy atom. The molecular weight excluding hydrogens is 480 g/mol. The summed E-state index contributed by atoms with van der Waals surface area (Å²) in [7, 11) is 1.63. The lowest BCUT2D eigenvalue weighted by Gasteiger charge is -2.50. The summed E-state index contributed by atoms with van der Waals surface area (Å²) in [6, 6.07) is 3.49. The molecule has 204 valence electrons. The Morgan fingerprint density at radius 2 is 1.97 bits per heavy atom. The molecule has 4 aliphatic carbocycles. The molecule has 2 bridgehead atoms. The van der Waals surface area contributed by atoms with E-state index in [2.05, 4.69) is 50.1 Å². The molecule has 6 rings (SSSR count). The van der Waals surface area contributed by atoms with E-state index in [0.717, 1.165) is 29.7 Å². The number of pyridine rings is 1. The largest absolute Gasteiger partial charge is 0.440 e. The molecular formula is C31H40N2O5. The minimum absolute atomic E-state index is 0.0133. The fourth-order valence-electron chi connectivity index (χ4n) is 8.54. The number of carbonyl (C=O) groups is 1. The van der Waals surface area contributed by atoms with Gasteiger partial charge in [0.15, 0.2) is 11.8 Å².